The van der Waals surface area contributed by atoms with E-state index in [1.54, 1.807) is 53.4 Å². The number of nitrogens with zero attached hydrogens (tertiary/aromatic N) is 1. The Morgan fingerprint density at radius 3 is 2.65 bits per heavy atom. The van der Waals surface area contributed by atoms with Gasteiger partial charge < -0.3 is 5.32 Å². The Hall–Kier alpha value is -2.20. The van der Waals surface area contributed by atoms with Crippen molar-refractivity contribution in [1.82, 2.24) is 0 Å². The molecule has 0 atom stereocenters. The van der Waals surface area contributed by atoms with Crippen LogP contribution in [0.3, 0.4) is 0 Å². The van der Waals surface area contributed by atoms with Gasteiger partial charge in [0.2, 0.25) is 6.54 Å². The monoisotopic (exact) mass is 289 g/mol. The maximum absolute atomic E-state index is 11.9. The van der Waals surface area contributed by atoms with Gasteiger partial charge >= 0.3 is 0 Å². The van der Waals surface area contributed by atoms with E-state index in [0.717, 1.165) is 0 Å². The molecule has 0 aliphatic heterocycles. The maximum atomic E-state index is 11.9. The summed E-state index contributed by atoms with van der Waals surface area (Å²) in [4.78, 5) is 23.2. The third-order valence-electron chi connectivity index (χ3n) is 2.74. The number of pyridine rings is 1. The molecule has 1 heterocycles. The van der Waals surface area contributed by atoms with Crippen molar-refractivity contribution in [2.24, 2.45) is 0 Å². The Morgan fingerprint density at radius 2 is 1.95 bits per heavy atom. The van der Waals surface area contributed by atoms with E-state index in [1.165, 1.54) is 6.92 Å². The van der Waals surface area contributed by atoms with E-state index >= 15 is 0 Å². The molecule has 0 bridgehead atoms. The molecule has 0 saturated carbocycles. The molecular formula is C15H14ClN2O2+. The fourth-order valence-electron chi connectivity index (χ4n) is 1.75. The van der Waals surface area contributed by atoms with Crippen molar-refractivity contribution in [2.75, 3.05) is 5.32 Å². The van der Waals surface area contributed by atoms with Crippen LogP contribution in [-0.2, 0) is 11.3 Å². The molecule has 0 aliphatic carbocycles. The Morgan fingerprint density at radius 1 is 1.20 bits per heavy atom. The van der Waals surface area contributed by atoms with E-state index in [0.29, 0.717) is 16.3 Å². The molecule has 1 amide bonds. The topological polar surface area (TPSA) is 50.0 Å². The number of halogens is 1. The van der Waals surface area contributed by atoms with Crippen molar-refractivity contribution in [3.05, 3.63) is 59.4 Å². The molecule has 0 aliphatic rings. The van der Waals surface area contributed by atoms with Gasteiger partial charge in [0.1, 0.15) is 0 Å². The van der Waals surface area contributed by atoms with E-state index in [9.17, 15) is 9.59 Å². The molecule has 1 aromatic heterocycles. The van der Waals surface area contributed by atoms with Crippen molar-refractivity contribution in [3.8, 4) is 0 Å². The van der Waals surface area contributed by atoms with Gasteiger partial charge in [-0.2, -0.15) is 4.57 Å². The minimum atomic E-state index is -0.205. The highest BCUT2D eigenvalue weighted by molar-refractivity contribution is 6.33. The van der Waals surface area contributed by atoms with E-state index in [2.05, 4.69) is 5.32 Å². The molecule has 0 spiro atoms. The molecule has 102 valence electrons. The third-order valence-corrected chi connectivity index (χ3v) is 3.07. The maximum Gasteiger partial charge on any atom is 0.290 e. The molecule has 0 saturated heterocycles. The first-order chi connectivity index (χ1) is 9.56. The van der Waals surface area contributed by atoms with Crippen molar-refractivity contribution >= 4 is 29.0 Å². The van der Waals surface area contributed by atoms with Crippen LogP contribution in [0, 0.1) is 0 Å². The number of para-hydroxylation sites is 1. The summed E-state index contributed by atoms with van der Waals surface area (Å²) in [5.74, 6) is -0.241. The van der Waals surface area contributed by atoms with Crippen LogP contribution in [0.4, 0.5) is 5.69 Å². The van der Waals surface area contributed by atoms with Crippen LogP contribution in [0.15, 0.2) is 48.8 Å². The summed E-state index contributed by atoms with van der Waals surface area (Å²) in [7, 11) is 0. The largest absolute Gasteiger partial charge is 0.319 e. The van der Waals surface area contributed by atoms with Gasteiger partial charge in [-0.25, -0.2) is 0 Å². The molecule has 2 rings (SSSR count). The van der Waals surface area contributed by atoms with E-state index < -0.39 is 0 Å². The number of benzene rings is 1. The lowest BCUT2D eigenvalue weighted by Crippen LogP contribution is -2.40. The second-order valence-electron chi connectivity index (χ2n) is 4.35. The summed E-state index contributed by atoms with van der Waals surface area (Å²) in [5, 5.41) is 3.22. The number of aromatic nitrogens is 1. The number of amides is 1. The Kier molecular flexibility index (Phi) is 4.48. The standard InChI is InChI=1S/C15H13ClN2O2/c1-11(19)12-5-4-8-18(9-12)10-15(20)17-14-7-3-2-6-13(14)16/h2-9H,10H2,1H3/p+1. The zero-order chi connectivity index (χ0) is 14.5. The van der Waals surface area contributed by atoms with Crippen LogP contribution in [-0.4, -0.2) is 11.7 Å². The van der Waals surface area contributed by atoms with Crippen molar-refractivity contribution in [1.29, 1.82) is 0 Å². The predicted octanol–water partition coefficient (Wildman–Crippen LogP) is 2.47. The van der Waals surface area contributed by atoms with Crippen molar-refractivity contribution < 1.29 is 14.2 Å². The van der Waals surface area contributed by atoms with Gasteiger partial charge in [0.25, 0.3) is 5.91 Å². The lowest BCUT2D eigenvalue weighted by atomic mass is 10.2. The fourth-order valence-corrected chi connectivity index (χ4v) is 1.93. The highest BCUT2D eigenvalue weighted by Gasteiger charge is 2.12. The van der Waals surface area contributed by atoms with Crippen LogP contribution in [0.1, 0.15) is 17.3 Å². The van der Waals surface area contributed by atoms with Crippen LogP contribution in [0.25, 0.3) is 0 Å². The van der Waals surface area contributed by atoms with Crippen molar-refractivity contribution in [2.45, 2.75) is 13.5 Å². The number of hydrogen-bond acceptors (Lipinski definition) is 2. The number of ketones is 1. The Balaban J connectivity index is 2.07. The smallest absolute Gasteiger partial charge is 0.290 e. The Labute approximate surface area is 122 Å². The summed E-state index contributed by atoms with van der Waals surface area (Å²) < 4.78 is 1.66. The van der Waals surface area contributed by atoms with Gasteiger partial charge in [-0.05, 0) is 25.1 Å². The molecule has 1 N–H and O–H groups in total. The quantitative estimate of drug-likeness (QED) is 0.694. The lowest BCUT2D eigenvalue weighted by molar-refractivity contribution is -0.684. The summed E-state index contributed by atoms with van der Waals surface area (Å²) >= 11 is 5.97. The number of nitrogens with one attached hydrogen (secondary N) is 1. The molecule has 0 fully saturated rings. The minimum absolute atomic E-state index is 0.0362. The number of anilines is 1. The molecular weight excluding hydrogens is 276 g/mol. The van der Waals surface area contributed by atoms with Crippen molar-refractivity contribution in [3.63, 3.8) is 0 Å². The number of rotatable bonds is 4. The highest BCUT2D eigenvalue weighted by atomic mass is 35.5. The zero-order valence-corrected chi connectivity index (χ0v) is 11.7. The first-order valence-electron chi connectivity index (χ1n) is 6.10. The van der Waals surface area contributed by atoms with Crippen LogP contribution in [0.2, 0.25) is 5.02 Å². The molecule has 0 unspecified atom stereocenters. The second kappa shape index (κ2) is 6.30. The molecule has 2 aromatic rings. The molecule has 1 aromatic carbocycles. The average molecular weight is 290 g/mol. The summed E-state index contributed by atoms with van der Waals surface area (Å²) in [6.07, 6.45) is 3.38. The van der Waals surface area contributed by atoms with Gasteiger partial charge in [-0.1, -0.05) is 23.7 Å². The minimum Gasteiger partial charge on any atom is -0.319 e. The van der Waals surface area contributed by atoms with E-state index in [1.807, 2.05) is 0 Å². The normalized spacial score (nSPS) is 10.1. The van der Waals surface area contributed by atoms with E-state index in [-0.39, 0.29) is 18.2 Å². The lowest BCUT2D eigenvalue weighted by Gasteiger charge is -2.05. The summed E-state index contributed by atoms with van der Waals surface area (Å²) in [6.45, 7) is 1.61. The highest BCUT2D eigenvalue weighted by Crippen LogP contribution is 2.20. The number of carbonyl (C=O) groups is 2. The summed E-state index contributed by atoms with van der Waals surface area (Å²) in [6, 6.07) is 10.5. The van der Waals surface area contributed by atoms with Gasteiger partial charge in [0.05, 0.1) is 16.3 Å². The molecule has 4 nitrogen and oxygen atoms in total. The predicted molar refractivity (Wildman–Crippen MR) is 76.7 cm³/mol. The van der Waals surface area contributed by atoms with Gasteiger partial charge in [0.15, 0.2) is 18.2 Å². The molecule has 20 heavy (non-hydrogen) atoms. The van der Waals surface area contributed by atoms with Gasteiger partial charge in [-0.3, -0.25) is 9.59 Å². The fraction of sp³-hybridized carbons (Fsp3) is 0.133. The SMILES string of the molecule is CC(=O)c1ccc[n+](CC(=O)Nc2ccccc2Cl)c1. The number of carbonyl (C=O) groups excluding carboxylic acids is 2. The second-order valence-corrected chi connectivity index (χ2v) is 4.76. The number of hydrogen-bond donors (Lipinski definition) is 1. The summed E-state index contributed by atoms with van der Waals surface area (Å²) in [5.41, 5.74) is 1.14. The van der Waals surface area contributed by atoms with E-state index in [4.69, 9.17) is 11.6 Å². The average Bonchev–Trinajstić information content (AvgIpc) is 2.41. The zero-order valence-electron chi connectivity index (χ0n) is 11.0. The van der Waals surface area contributed by atoms with Gasteiger partial charge in [-0.15, -0.1) is 0 Å². The van der Waals surface area contributed by atoms with Crippen LogP contribution in [0.5, 0.6) is 0 Å². The number of Topliss-reactive ketones (excluding diaryl/α,β-unsaturated/α-hetero) is 1. The molecule has 5 heteroatoms. The molecule has 0 radical (unpaired) electrons. The third kappa shape index (κ3) is 3.65. The first-order valence-corrected chi connectivity index (χ1v) is 6.48. The van der Waals surface area contributed by atoms with Crippen LogP contribution < -0.4 is 9.88 Å². The van der Waals surface area contributed by atoms with Gasteiger partial charge in [0, 0.05) is 6.07 Å². The Bertz CT molecular complexity index is 656. The van der Waals surface area contributed by atoms with Crippen LogP contribution >= 0.6 is 11.6 Å². The first kappa shape index (κ1) is 14.2.